The third-order valence-corrected chi connectivity index (χ3v) is 7.80. The van der Waals surface area contributed by atoms with E-state index in [4.69, 9.17) is 16.3 Å². The number of fused-ring (bicyclic) bond motifs is 1. The number of rotatable bonds is 5. The first-order valence-electron chi connectivity index (χ1n) is 12.6. The van der Waals surface area contributed by atoms with Crippen molar-refractivity contribution in [1.29, 1.82) is 0 Å². The van der Waals surface area contributed by atoms with Crippen molar-refractivity contribution >= 4 is 29.4 Å². The van der Waals surface area contributed by atoms with Gasteiger partial charge in [-0.25, -0.2) is 4.79 Å². The molecular weight excluding hydrogens is 472 g/mol. The largest absolute Gasteiger partial charge is 0.457 e. The maximum Gasteiger partial charge on any atom is 0.321 e. The average Bonchev–Trinajstić information content (AvgIpc) is 3.62. The third-order valence-electron chi connectivity index (χ3n) is 7.55. The normalized spacial score (nSPS) is 20.8. The van der Waals surface area contributed by atoms with Gasteiger partial charge in [0.1, 0.15) is 11.5 Å². The van der Waals surface area contributed by atoms with Crippen molar-refractivity contribution in [3.63, 3.8) is 0 Å². The Kier molecular flexibility index (Phi) is 6.15. The highest BCUT2D eigenvalue weighted by Crippen LogP contribution is 2.39. The number of nitrogens with zero attached hydrogens (tertiary/aromatic N) is 3. The number of allylic oxidation sites excluding steroid dienone is 1. The van der Waals surface area contributed by atoms with Gasteiger partial charge in [0.2, 0.25) is 0 Å². The second-order valence-electron chi connectivity index (χ2n) is 9.92. The highest BCUT2D eigenvalue weighted by atomic mass is 35.5. The second kappa shape index (κ2) is 9.60. The Morgan fingerprint density at radius 3 is 2.86 bits per heavy atom. The van der Waals surface area contributed by atoms with Crippen molar-refractivity contribution in [3.8, 4) is 11.5 Å². The molecule has 0 bridgehead atoms. The molecule has 1 aliphatic carbocycles. The summed E-state index contributed by atoms with van der Waals surface area (Å²) in [4.78, 5) is 22.1. The summed E-state index contributed by atoms with van der Waals surface area (Å²) in [6.07, 6.45) is 10.0. The minimum absolute atomic E-state index is 0.0311. The van der Waals surface area contributed by atoms with Gasteiger partial charge in [-0.15, -0.1) is 0 Å². The molecule has 3 heterocycles. The molecule has 6 rings (SSSR count). The summed E-state index contributed by atoms with van der Waals surface area (Å²) in [7, 11) is 0. The van der Waals surface area contributed by atoms with Crippen LogP contribution in [0.1, 0.15) is 36.1 Å². The van der Waals surface area contributed by atoms with Crippen LogP contribution < -0.4 is 10.1 Å². The number of hydrogen-bond donors (Lipinski definition) is 1. The molecule has 3 aromatic rings. The van der Waals surface area contributed by atoms with E-state index in [1.807, 2.05) is 47.4 Å². The minimum Gasteiger partial charge on any atom is -0.457 e. The molecule has 3 aliphatic rings. The lowest BCUT2D eigenvalue weighted by atomic mass is 9.95. The Bertz CT molecular complexity index is 1310. The zero-order valence-electron chi connectivity index (χ0n) is 20.1. The van der Waals surface area contributed by atoms with Gasteiger partial charge in [0.05, 0.1) is 17.6 Å². The molecule has 1 N–H and O–H groups in total. The first-order chi connectivity index (χ1) is 17.6. The van der Waals surface area contributed by atoms with Gasteiger partial charge in [0, 0.05) is 36.6 Å². The van der Waals surface area contributed by atoms with Crippen LogP contribution in [-0.4, -0.2) is 46.0 Å². The van der Waals surface area contributed by atoms with Crippen LogP contribution in [0.5, 0.6) is 11.5 Å². The van der Waals surface area contributed by atoms with Crippen LogP contribution in [0.3, 0.4) is 0 Å². The molecule has 6 nitrogen and oxygen atoms in total. The second-order valence-corrected chi connectivity index (χ2v) is 10.4. The molecule has 2 amide bonds. The van der Waals surface area contributed by atoms with E-state index >= 15 is 0 Å². The van der Waals surface area contributed by atoms with Gasteiger partial charge in [-0.05, 0) is 79.4 Å². The SMILES string of the molecule is O=C(Nc1cnc2c(c1)C=CC2)N1CCC2(CCCN2Cc2cccc(Oc3ccc(Cl)cc3)c2)C1. The van der Waals surface area contributed by atoms with Gasteiger partial charge in [0.15, 0.2) is 0 Å². The van der Waals surface area contributed by atoms with Crippen molar-refractivity contribution in [2.24, 2.45) is 0 Å². The predicted octanol–water partition coefficient (Wildman–Crippen LogP) is 6.37. The fourth-order valence-electron chi connectivity index (χ4n) is 5.69. The number of nitrogens with one attached hydrogen (secondary N) is 1. The maximum absolute atomic E-state index is 13.1. The molecular formula is C29H29ClN4O2. The number of carbonyl (C=O) groups is 1. The van der Waals surface area contributed by atoms with E-state index in [1.54, 1.807) is 6.20 Å². The van der Waals surface area contributed by atoms with Gasteiger partial charge in [-0.3, -0.25) is 9.88 Å². The lowest BCUT2D eigenvalue weighted by Gasteiger charge is -2.35. The van der Waals surface area contributed by atoms with Crippen LogP contribution in [-0.2, 0) is 13.0 Å². The smallest absolute Gasteiger partial charge is 0.321 e. The maximum atomic E-state index is 13.1. The number of amides is 2. The Morgan fingerprint density at radius 2 is 1.97 bits per heavy atom. The van der Waals surface area contributed by atoms with Crippen LogP contribution in [0.4, 0.5) is 10.5 Å². The molecule has 0 radical (unpaired) electrons. The zero-order valence-corrected chi connectivity index (χ0v) is 20.9. The number of carbonyl (C=O) groups excluding carboxylic acids is 1. The van der Waals surface area contributed by atoms with Crippen molar-refractivity contribution in [1.82, 2.24) is 14.8 Å². The van der Waals surface area contributed by atoms with Crippen molar-refractivity contribution in [2.75, 3.05) is 25.0 Å². The quantitative estimate of drug-likeness (QED) is 0.442. The number of ether oxygens (including phenoxy) is 1. The molecule has 184 valence electrons. The van der Waals surface area contributed by atoms with Crippen LogP contribution in [0.15, 0.2) is 66.9 Å². The first kappa shape index (κ1) is 23.1. The fourth-order valence-corrected chi connectivity index (χ4v) is 5.82. The molecule has 36 heavy (non-hydrogen) atoms. The molecule has 2 aromatic carbocycles. The Morgan fingerprint density at radius 1 is 1.08 bits per heavy atom. The first-order valence-corrected chi connectivity index (χ1v) is 12.9. The molecule has 2 aliphatic heterocycles. The lowest BCUT2D eigenvalue weighted by Crippen LogP contribution is -2.46. The van der Waals surface area contributed by atoms with Crippen LogP contribution in [0.2, 0.25) is 5.02 Å². The summed E-state index contributed by atoms with van der Waals surface area (Å²) < 4.78 is 6.04. The van der Waals surface area contributed by atoms with Gasteiger partial charge in [-0.2, -0.15) is 0 Å². The Labute approximate surface area is 216 Å². The van der Waals surface area contributed by atoms with Crippen LogP contribution in [0, 0.1) is 0 Å². The summed E-state index contributed by atoms with van der Waals surface area (Å²) in [6.45, 7) is 3.39. The highest BCUT2D eigenvalue weighted by Gasteiger charge is 2.47. The van der Waals surface area contributed by atoms with Gasteiger partial charge in [-0.1, -0.05) is 35.9 Å². The predicted molar refractivity (Wildman–Crippen MR) is 143 cm³/mol. The van der Waals surface area contributed by atoms with Gasteiger partial charge >= 0.3 is 6.03 Å². The fraction of sp³-hybridized carbons (Fsp3) is 0.310. The summed E-state index contributed by atoms with van der Waals surface area (Å²) in [5.41, 5.74) is 4.16. The monoisotopic (exact) mass is 500 g/mol. The molecule has 1 unspecified atom stereocenters. The lowest BCUT2D eigenvalue weighted by molar-refractivity contribution is 0.136. The van der Waals surface area contributed by atoms with Gasteiger partial charge in [0.25, 0.3) is 0 Å². The van der Waals surface area contributed by atoms with E-state index in [2.05, 4.69) is 39.5 Å². The molecule has 1 spiro atoms. The topological polar surface area (TPSA) is 57.7 Å². The van der Waals surface area contributed by atoms with Crippen LogP contribution in [0.25, 0.3) is 6.08 Å². The van der Waals surface area contributed by atoms with E-state index in [9.17, 15) is 4.79 Å². The van der Waals surface area contributed by atoms with Crippen molar-refractivity contribution in [2.45, 2.75) is 37.8 Å². The molecule has 1 aromatic heterocycles. The van der Waals surface area contributed by atoms with Crippen molar-refractivity contribution < 1.29 is 9.53 Å². The number of halogens is 1. The molecule has 2 fully saturated rings. The minimum atomic E-state index is -0.0409. The number of pyridine rings is 1. The molecule has 1 atom stereocenters. The number of aromatic nitrogens is 1. The van der Waals surface area contributed by atoms with E-state index in [1.165, 1.54) is 5.56 Å². The number of urea groups is 1. The van der Waals surface area contributed by atoms with E-state index in [0.717, 1.165) is 80.3 Å². The summed E-state index contributed by atoms with van der Waals surface area (Å²) in [5, 5.41) is 3.76. The summed E-state index contributed by atoms with van der Waals surface area (Å²) in [6, 6.07) is 17.6. The summed E-state index contributed by atoms with van der Waals surface area (Å²) >= 11 is 5.99. The molecule has 7 heteroatoms. The zero-order chi connectivity index (χ0) is 24.5. The molecule has 2 saturated heterocycles. The van der Waals surface area contributed by atoms with E-state index in [-0.39, 0.29) is 11.6 Å². The van der Waals surface area contributed by atoms with Gasteiger partial charge < -0.3 is 15.0 Å². The van der Waals surface area contributed by atoms with E-state index < -0.39 is 0 Å². The third kappa shape index (κ3) is 4.71. The van der Waals surface area contributed by atoms with Crippen LogP contribution >= 0.6 is 11.6 Å². The number of likely N-dealkylation sites (tertiary alicyclic amines) is 2. The average molecular weight is 501 g/mol. The number of hydrogen-bond acceptors (Lipinski definition) is 4. The Hall–Kier alpha value is -3.35. The summed E-state index contributed by atoms with van der Waals surface area (Å²) in [5.74, 6) is 1.58. The van der Waals surface area contributed by atoms with Crippen molar-refractivity contribution in [3.05, 3.63) is 88.7 Å². The standard InChI is InChI=1S/C29H29ClN4O2/c30-23-8-10-25(11-9-23)36-26-6-1-4-21(16-26)19-34-14-3-12-29(34)13-15-33(20-29)28(35)32-24-17-22-5-2-7-27(22)31-18-24/h1-2,4-6,8-11,16-18H,3,7,12-15,19-20H2,(H,32,35). The molecule has 0 saturated carbocycles. The number of anilines is 1. The highest BCUT2D eigenvalue weighted by molar-refractivity contribution is 6.30. The van der Waals surface area contributed by atoms with E-state index in [0.29, 0.717) is 5.02 Å². The number of benzene rings is 2. The Balaban J connectivity index is 1.10.